The van der Waals surface area contributed by atoms with Crippen LogP contribution in [0.4, 0.5) is 0 Å². The fourth-order valence-corrected chi connectivity index (χ4v) is 1.16. The molecule has 1 heterocycles. The van der Waals surface area contributed by atoms with Crippen LogP contribution in [-0.2, 0) is 4.79 Å². The number of carbonyl (C=O) groups is 1. The van der Waals surface area contributed by atoms with Crippen LogP contribution in [0.2, 0.25) is 0 Å². The lowest BCUT2D eigenvalue weighted by molar-refractivity contribution is -0.110. The smallest absolute Gasteiger partial charge is 0.207 e. The molecule has 0 aromatic heterocycles. The average Bonchev–Trinajstić information content (AvgIpc) is 1.95. The number of hydrazine groups is 1. The molecule has 4 heteroatoms. The van der Waals surface area contributed by atoms with Gasteiger partial charge in [-0.25, -0.2) is 5.01 Å². The van der Waals surface area contributed by atoms with Crippen molar-refractivity contribution >= 4 is 6.41 Å². The second-order valence-electron chi connectivity index (χ2n) is 2.59. The van der Waals surface area contributed by atoms with Gasteiger partial charge in [0.15, 0.2) is 0 Å². The molecule has 1 aliphatic rings. The topological polar surface area (TPSA) is 58.4 Å². The maximum absolute atomic E-state index is 10.00. The van der Waals surface area contributed by atoms with Crippen LogP contribution in [0.1, 0.15) is 12.8 Å². The Balaban J connectivity index is 2.19. The molecule has 1 saturated heterocycles. The normalized spacial score (nSPS) is 22.5. The first-order chi connectivity index (χ1) is 4.83. The molecule has 0 aliphatic carbocycles. The maximum Gasteiger partial charge on any atom is 0.207 e. The fraction of sp³-hybridized carbons (Fsp3) is 0.833. The number of piperidine rings is 1. The Kier molecular flexibility index (Phi) is 2.65. The SMILES string of the molecule is NN1CCC(NC=O)CC1. The number of hydrogen-bond acceptors (Lipinski definition) is 3. The molecule has 10 heavy (non-hydrogen) atoms. The van der Waals surface area contributed by atoms with E-state index in [0.29, 0.717) is 6.04 Å². The zero-order chi connectivity index (χ0) is 7.40. The van der Waals surface area contributed by atoms with Gasteiger partial charge in [0.25, 0.3) is 0 Å². The van der Waals surface area contributed by atoms with Crippen molar-refractivity contribution in [3.8, 4) is 0 Å². The number of hydrogen-bond donors (Lipinski definition) is 2. The summed E-state index contributed by atoms with van der Waals surface area (Å²) in [7, 11) is 0. The van der Waals surface area contributed by atoms with E-state index in [0.717, 1.165) is 32.3 Å². The summed E-state index contributed by atoms with van der Waals surface area (Å²) in [6.45, 7) is 1.76. The van der Waals surface area contributed by atoms with Gasteiger partial charge < -0.3 is 5.32 Å². The second-order valence-corrected chi connectivity index (χ2v) is 2.59. The third-order valence-corrected chi connectivity index (χ3v) is 1.83. The molecule has 1 aliphatic heterocycles. The van der Waals surface area contributed by atoms with Gasteiger partial charge in [-0.15, -0.1) is 0 Å². The van der Waals surface area contributed by atoms with E-state index in [9.17, 15) is 4.79 Å². The first kappa shape index (κ1) is 7.50. The van der Waals surface area contributed by atoms with Crippen molar-refractivity contribution < 1.29 is 4.79 Å². The zero-order valence-electron chi connectivity index (χ0n) is 5.92. The minimum absolute atomic E-state index is 0.345. The van der Waals surface area contributed by atoms with E-state index in [-0.39, 0.29) is 0 Å². The number of nitrogens with two attached hydrogens (primary N) is 1. The molecule has 1 fully saturated rings. The summed E-state index contributed by atoms with van der Waals surface area (Å²) in [4.78, 5) is 10.00. The Morgan fingerprint density at radius 2 is 2.10 bits per heavy atom. The number of nitrogens with one attached hydrogen (secondary N) is 1. The Morgan fingerprint density at radius 1 is 1.50 bits per heavy atom. The lowest BCUT2D eigenvalue weighted by Gasteiger charge is -2.27. The van der Waals surface area contributed by atoms with Crippen molar-refractivity contribution in [2.45, 2.75) is 18.9 Å². The Morgan fingerprint density at radius 3 is 2.60 bits per heavy atom. The molecule has 4 nitrogen and oxygen atoms in total. The zero-order valence-corrected chi connectivity index (χ0v) is 5.92. The minimum Gasteiger partial charge on any atom is -0.356 e. The van der Waals surface area contributed by atoms with Gasteiger partial charge >= 0.3 is 0 Å². The van der Waals surface area contributed by atoms with Crippen molar-refractivity contribution in [2.24, 2.45) is 5.84 Å². The summed E-state index contributed by atoms with van der Waals surface area (Å²) >= 11 is 0. The van der Waals surface area contributed by atoms with E-state index in [1.165, 1.54) is 0 Å². The lowest BCUT2D eigenvalue weighted by Crippen LogP contribution is -2.45. The van der Waals surface area contributed by atoms with Crippen molar-refractivity contribution in [1.82, 2.24) is 10.3 Å². The number of amides is 1. The summed E-state index contributed by atoms with van der Waals surface area (Å²) in [5.41, 5.74) is 0. The highest BCUT2D eigenvalue weighted by molar-refractivity contribution is 5.46. The third kappa shape index (κ3) is 1.97. The number of rotatable bonds is 2. The highest BCUT2D eigenvalue weighted by atomic mass is 16.1. The molecule has 0 atom stereocenters. The van der Waals surface area contributed by atoms with E-state index < -0.39 is 0 Å². The maximum atomic E-state index is 10.00. The monoisotopic (exact) mass is 143 g/mol. The molecule has 0 aromatic rings. The quantitative estimate of drug-likeness (QED) is 0.388. The van der Waals surface area contributed by atoms with E-state index in [1.807, 2.05) is 0 Å². The highest BCUT2D eigenvalue weighted by Gasteiger charge is 2.15. The van der Waals surface area contributed by atoms with E-state index in [1.54, 1.807) is 5.01 Å². The van der Waals surface area contributed by atoms with Gasteiger partial charge in [0.05, 0.1) is 0 Å². The summed E-state index contributed by atoms with van der Waals surface area (Å²) in [6, 6.07) is 0.345. The Hall–Kier alpha value is -0.610. The van der Waals surface area contributed by atoms with Crippen LogP contribution in [0.5, 0.6) is 0 Å². The third-order valence-electron chi connectivity index (χ3n) is 1.83. The summed E-state index contributed by atoms with van der Waals surface area (Å²) in [6.07, 6.45) is 2.70. The van der Waals surface area contributed by atoms with E-state index in [2.05, 4.69) is 5.32 Å². The van der Waals surface area contributed by atoms with Gasteiger partial charge in [-0.2, -0.15) is 0 Å². The molecule has 0 unspecified atom stereocenters. The average molecular weight is 143 g/mol. The van der Waals surface area contributed by atoms with Gasteiger partial charge in [0.1, 0.15) is 0 Å². The molecule has 1 amide bonds. The fourth-order valence-electron chi connectivity index (χ4n) is 1.16. The minimum atomic E-state index is 0.345. The molecule has 1 rings (SSSR count). The molecule has 0 radical (unpaired) electrons. The standard InChI is InChI=1S/C6H13N3O/c7-9-3-1-6(2-4-9)8-5-10/h5-6H,1-4,7H2,(H,8,10). The molecule has 58 valence electrons. The number of carbonyl (C=O) groups excluding carboxylic acids is 1. The van der Waals surface area contributed by atoms with Crippen LogP contribution in [-0.4, -0.2) is 30.6 Å². The second kappa shape index (κ2) is 3.53. The van der Waals surface area contributed by atoms with Crippen molar-refractivity contribution in [3.05, 3.63) is 0 Å². The van der Waals surface area contributed by atoms with Gasteiger partial charge in [-0.05, 0) is 12.8 Å². The predicted molar refractivity (Wildman–Crippen MR) is 38.0 cm³/mol. The molecular weight excluding hydrogens is 130 g/mol. The highest BCUT2D eigenvalue weighted by Crippen LogP contribution is 2.05. The van der Waals surface area contributed by atoms with Gasteiger partial charge in [0.2, 0.25) is 6.41 Å². The molecule has 0 saturated carbocycles. The summed E-state index contributed by atoms with van der Waals surface area (Å²) in [5, 5.41) is 4.52. The van der Waals surface area contributed by atoms with Crippen molar-refractivity contribution in [2.75, 3.05) is 13.1 Å². The molecule has 3 N–H and O–H groups in total. The first-order valence-electron chi connectivity index (χ1n) is 3.52. The van der Waals surface area contributed by atoms with Gasteiger partial charge in [-0.1, -0.05) is 0 Å². The van der Waals surface area contributed by atoms with Gasteiger partial charge in [-0.3, -0.25) is 10.6 Å². The number of nitrogens with zero attached hydrogens (tertiary/aromatic N) is 1. The Bertz CT molecular complexity index is 110. The van der Waals surface area contributed by atoms with E-state index in [4.69, 9.17) is 5.84 Å². The largest absolute Gasteiger partial charge is 0.356 e. The summed E-state index contributed by atoms with van der Waals surface area (Å²) < 4.78 is 0. The van der Waals surface area contributed by atoms with E-state index >= 15 is 0 Å². The lowest BCUT2D eigenvalue weighted by atomic mass is 10.1. The van der Waals surface area contributed by atoms with Crippen molar-refractivity contribution in [1.29, 1.82) is 0 Å². The Labute approximate surface area is 60.3 Å². The molecule has 0 spiro atoms. The predicted octanol–water partition coefficient (Wildman–Crippen LogP) is -0.929. The van der Waals surface area contributed by atoms with Crippen LogP contribution in [0.25, 0.3) is 0 Å². The van der Waals surface area contributed by atoms with Crippen LogP contribution >= 0.6 is 0 Å². The summed E-state index contributed by atoms with van der Waals surface area (Å²) in [5.74, 6) is 5.51. The van der Waals surface area contributed by atoms with Crippen LogP contribution in [0.15, 0.2) is 0 Å². The first-order valence-corrected chi connectivity index (χ1v) is 3.52. The van der Waals surface area contributed by atoms with Gasteiger partial charge in [0, 0.05) is 19.1 Å². The molecule has 0 bridgehead atoms. The van der Waals surface area contributed by atoms with Crippen molar-refractivity contribution in [3.63, 3.8) is 0 Å². The van der Waals surface area contributed by atoms with Crippen LogP contribution in [0, 0.1) is 0 Å². The van der Waals surface area contributed by atoms with Crippen LogP contribution < -0.4 is 11.2 Å². The molecular formula is C6H13N3O. The molecule has 0 aromatic carbocycles. The van der Waals surface area contributed by atoms with Crippen LogP contribution in [0.3, 0.4) is 0 Å².